The van der Waals surface area contributed by atoms with Crippen LogP contribution in [0.5, 0.6) is 5.75 Å². The van der Waals surface area contributed by atoms with Crippen molar-refractivity contribution in [2.24, 2.45) is 5.73 Å². The van der Waals surface area contributed by atoms with E-state index in [1.54, 1.807) is 24.3 Å². The maximum atomic E-state index is 10.8. The standard InChI is InChI=1S/C10H11NO3/c1-7(12)6-8-2-4-9(5-3-8)14-10(11)13/h2-5H,6H2,1H3,(H2,11,13). The first kappa shape index (κ1) is 10.2. The Hall–Kier alpha value is -1.84. The topological polar surface area (TPSA) is 69.4 Å². The number of ketones is 1. The van der Waals surface area contributed by atoms with Gasteiger partial charge in [-0.1, -0.05) is 12.1 Å². The molecule has 0 radical (unpaired) electrons. The summed E-state index contributed by atoms with van der Waals surface area (Å²) in [5.41, 5.74) is 5.71. The van der Waals surface area contributed by atoms with E-state index in [1.165, 1.54) is 6.92 Å². The summed E-state index contributed by atoms with van der Waals surface area (Å²) in [4.78, 5) is 21.1. The largest absolute Gasteiger partial charge is 0.411 e. The summed E-state index contributed by atoms with van der Waals surface area (Å²) >= 11 is 0. The Morgan fingerprint density at radius 1 is 1.29 bits per heavy atom. The van der Waals surface area contributed by atoms with Gasteiger partial charge in [0.2, 0.25) is 0 Å². The number of carbonyl (C=O) groups is 2. The lowest BCUT2D eigenvalue weighted by Crippen LogP contribution is -2.16. The second-order valence-electron chi connectivity index (χ2n) is 2.94. The predicted octanol–water partition coefficient (Wildman–Crippen LogP) is 1.28. The third kappa shape index (κ3) is 3.26. The number of benzene rings is 1. The van der Waals surface area contributed by atoms with Crippen LogP contribution in [-0.4, -0.2) is 11.9 Å². The summed E-state index contributed by atoms with van der Waals surface area (Å²) in [7, 11) is 0. The van der Waals surface area contributed by atoms with Crippen molar-refractivity contribution in [3.05, 3.63) is 29.8 Å². The van der Waals surface area contributed by atoms with Crippen LogP contribution in [0.4, 0.5) is 4.79 Å². The van der Waals surface area contributed by atoms with Gasteiger partial charge in [0.25, 0.3) is 0 Å². The van der Waals surface area contributed by atoms with Gasteiger partial charge in [0.15, 0.2) is 0 Å². The van der Waals surface area contributed by atoms with Gasteiger partial charge in [0.05, 0.1) is 0 Å². The number of Topliss-reactive ketones (excluding diaryl/α,β-unsaturated/α-hetero) is 1. The molecule has 0 heterocycles. The van der Waals surface area contributed by atoms with Gasteiger partial charge in [0, 0.05) is 6.42 Å². The van der Waals surface area contributed by atoms with E-state index >= 15 is 0 Å². The molecule has 0 saturated carbocycles. The van der Waals surface area contributed by atoms with E-state index in [0.29, 0.717) is 12.2 Å². The van der Waals surface area contributed by atoms with Crippen molar-refractivity contribution in [2.75, 3.05) is 0 Å². The molecule has 4 nitrogen and oxygen atoms in total. The highest BCUT2D eigenvalue weighted by atomic mass is 16.5. The molecule has 0 aliphatic rings. The van der Waals surface area contributed by atoms with Crippen LogP contribution >= 0.6 is 0 Å². The fraction of sp³-hybridized carbons (Fsp3) is 0.200. The number of nitrogens with two attached hydrogens (primary N) is 1. The molecular weight excluding hydrogens is 182 g/mol. The lowest BCUT2D eigenvalue weighted by molar-refractivity contribution is -0.116. The zero-order valence-electron chi connectivity index (χ0n) is 7.82. The Morgan fingerprint density at radius 3 is 2.29 bits per heavy atom. The number of primary amides is 1. The zero-order valence-corrected chi connectivity index (χ0v) is 7.82. The van der Waals surface area contributed by atoms with Crippen molar-refractivity contribution in [1.82, 2.24) is 0 Å². The van der Waals surface area contributed by atoms with Gasteiger partial charge in [0.1, 0.15) is 11.5 Å². The Labute approximate surface area is 81.7 Å². The summed E-state index contributed by atoms with van der Waals surface area (Å²) in [5.74, 6) is 0.471. The van der Waals surface area contributed by atoms with E-state index in [-0.39, 0.29) is 5.78 Å². The monoisotopic (exact) mass is 193 g/mol. The molecule has 0 spiro atoms. The van der Waals surface area contributed by atoms with Crippen molar-refractivity contribution >= 4 is 11.9 Å². The minimum Gasteiger partial charge on any atom is -0.411 e. The Morgan fingerprint density at radius 2 is 1.86 bits per heavy atom. The molecule has 74 valence electrons. The number of hydrogen-bond donors (Lipinski definition) is 1. The van der Waals surface area contributed by atoms with Crippen LogP contribution in [-0.2, 0) is 11.2 Å². The number of amides is 1. The summed E-state index contributed by atoms with van der Waals surface area (Å²) in [6.45, 7) is 1.52. The third-order valence-corrected chi connectivity index (χ3v) is 1.59. The quantitative estimate of drug-likeness (QED) is 0.785. The first-order chi connectivity index (χ1) is 6.58. The molecule has 1 aromatic rings. The van der Waals surface area contributed by atoms with Crippen molar-refractivity contribution < 1.29 is 14.3 Å². The van der Waals surface area contributed by atoms with Crippen molar-refractivity contribution in [3.63, 3.8) is 0 Å². The number of rotatable bonds is 3. The summed E-state index contributed by atoms with van der Waals surface area (Å²) in [6, 6.07) is 6.64. The zero-order chi connectivity index (χ0) is 10.6. The molecule has 0 bridgehead atoms. The SMILES string of the molecule is CC(=O)Cc1ccc(OC(N)=O)cc1. The molecule has 4 heteroatoms. The summed E-state index contributed by atoms with van der Waals surface area (Å²) in [6.07, 6.45) is -0.457. The van der Waals surface area contributed by atoms with Crippen LogP contribution in [0.25, 0.3) is 0 Å². The minimum absolute atomic E-state index is 0.0913. The van der Waals surface area contributed by atoms with Gasteiger partial charge in [-0.15, -0.1) is 0 Å². The van der Waals surface area contributed by atoms with E-state index in [9.17, 15) is 9.59 Å². The van der Waals surface area contributed by atoms with Gasteiger partial charge in [-0.05, 0) is 24.6 Å². The second-order valence-corrected chi connectivity index (χ2v) is 2.94. The fourth-order valence-corrected chi connectivity index (χ4v) is 1.08. The summed E-state index contributed by atoms with van der Waals surface area (Å²) in [5, 5.41) is 0. The van der Waals surface area contributed by atoms with Crippen LogP contribution in [0, 0.1) is 0 Å². The Balaban J connectivity index is 2.68. The molecule has 14 heavy (non-hydrogen) atoms. The van der Waals surface area contributed by atoms with Gasteiger partial charge in [-0.3, -0.25) is 4.79 Å². The Bertz CT molecular complexity index is 308. The molecule has 1 rings (SSSR count). The number of hydrogen-bond acceptors (Lipinski definition) is 3. The van der Waals surface area contributed by atoms with E-state index in [4.69, 9.17) is 5.73 Å². The number of carbonyl (C=O) groups excluding carboxylic acids is 2. The lowest BCUT2D eigenvalue weighted by atomic mass is 10.1. The molecule has 0 aromatic heterocycles. The molecule has 1 aromatic carbocycles. The molecule has 0 fully saturated rings. The molecule has 0 saturated heterocycles. The molecule has 0 aliphatic carbocycles. The van der Waals surface area contributed by atoms with E-state index in [1.807, 2.05) is 0 Å². The lowest BCUT2D eigenvalue weighted by Gasteiger charge is -2.01. The highest BCUT2D eigenvalue weighted by Crippen LogP contribution is 2.12. The van der Waals surface area contributed by atoms with Crippen LogP contribution in [0.3, 0.4) is 0 Å². The normalized spacial score (nSPS) is 9.50. The predicted molar refractivity (Wildman–Crippen MR) is 51.0 cm³/mol. The fourth-order valence-electron chi connectivity index (χ4n) is 1.08. The minimum atomic E-state index is -0.843. The molecule has 0 atom stereocenters. The van der Waals surface area contributed by atoms with E-state index < -0.39 is 6.09 Å². The van der Waals surface area contributed by atoms with Gasteiger partial charge in [-0.25, -0.2) is 4.79 Å². The van der Waals surface area contributed by atoms with Crippen LogP contribution < -0.4 is 10.5 Å². The highest BCUT2D eigenvalue weighted by Gasteiger charge is 2.00. The molecule has 0 aliphatic heterocycles. The van der Waals surface area contributed by atoms with E-state index in [2.05, 4.69) is 4.74 Å². The molecular formula is C10H11NO3. The third-order valence-electron chi connectivity index (χ3n) is 1.59. The summed E-state index contributed by atoms with van der Waals surface area (Å²) < 4.78 is 4.63. The second kappa shape index (κ2) is 4.41. The van der Waals surface area contributed by atoms with Crippen molar-refractivity contribution in [1.29, 1.82) is 0 Å². The van der Waals surface area contributed by atoms with E-state index in [0.717, 1.165) is 5.56 Å². The average molecular weight is 193 g/mol. The molecule has 0 unspecified atom stereocenters. The van der Waals surface area contributed by atoms with Crippen molar-refractivity contribution in [2.45, 2.75) is 13.3 Å². The first-order valence-electron chi connectivity index (χ1n) is 4.13. The van der Waals surface area contributed by atoms with Gasteiger partial charge >= 0.3 is 6.09 Å². The maximum Gasteiger partial charge on any atom is 0.409 e. The van der Waals surface area contributed by atoms with Crippen molar-refractivity contribution in [3.8, 4) is 5.75 Å². The molecule has 1 amide bonds. The van der Waals surface area contributed by atoms with Gasteiger partial charge < -0.3 is 10.5 Å². The average Bonchev–Trinajstić information content (AvgIpc) is 2.06. The van der Waals surface area contributed by atoms with Gasteiger partial charge in [-0.2, -0.15) is 0 Å². The van der Waals surface area contributed by atoms with Crippen LogP contribution in [0.1, 0.15) is 12.5 Å². The van der Waals surface area contributed by atoms with Crippen LogP contribution in [0.15, 0.2) is 24.3 Å². The van der Waals surface area contributed by atoms with Crippen LogP contribution in [0.2, 0.25) is 0 Å². The highest BCUT2D eigenvalue weighted by molar-refractivity contribution is 5.78. The first-order valence-corrected chi connectivity index (χ1v) is 4.13. The smallest absolute Gasteiger partial charge is 0.409 e. The maximum absolute atomic E-state index is 10.8. The molecule has 2 N–H and O–H groups in total. The number of ether oxygens (including phenoxy) is 1. The Kier molecular flexibility index (Phi) is 3.23.